The van der Waals surface area contributed by atoms with Crippen molar-refractivity contribution in [2.24, 2.45) is 5.10 Å². The Labute approximate surface area is 195 Å². The maximum absolute atomic E-state index is 13.1. The number of aromatic hydroxyl groups is 1. The van der Waals surface area contributed by atoms with Crippen molar-refractivity contribution in [2.45, 2.75) is 11.8 Å². The lowest BCUT2D eigenvalue weighted by molar-refractivity contribution is -0.385. The first-order valence-corrected chi connectivity index (χ1v) is 11.4. The third-order valence-electron chi connectivity index (χ3n) is 4.52. The van der Waals surface area contributed by atoms with Gasteiger partial charge in [-0.3, -0.25) is 20.3 Å². The zero-order valence-electron chi connectivity index (χ0n) is 18.3. The molecule has 0 aromatic heterocycles. The fraction of sp³-hybridized carbons (Fsp3) is 0.136. The lowest BCUT2D eigenvalue weighted by Gasteiger charge is -2.14. The summed E-state index contributed by atoms with van der Waals surface area (Å²) in [6, 6.07) is 14.3. The zero-order chi connectivity index (χ0) is 24.7. The van der Waals surface area contributed by atoms with Crippen LogP contribution in [0, 0.1) is 10.1 Å². The highest BCUT2D eigenvalue weighted by molar-refractivity contribution is 7.93. The lowest BCUT2D eigenvalue weighted by atomic mass is 10.2. The molecule has 0 bridgehead atoms. The second-order valence-corrected chi connectivity index (χ2v) is 8.42. The Kier molecular flexibility index (Phi) is 7.53. The smallest absolute Gasteiger partial charge is 0.270 e. The number of nitro groups is 1. The van der Waals surface area contributed by atoms with Crippen LogP contribution in [0.25, 0.3) is 0 Å². The van der Waals surface area contributed by atoms with Crippen LogP contribution in [0.3, 0.4) is 0 Å². The predicted molar refractivity (Wildman–Crippen MR) is 127 cm³/mol. The van der Waals surface area contributed by atoms with Crippen molar-refractivity contribution >= 4 is 33.3 Å². The van der Waals surface area contributed by atoms with Crippen LogP contribution >= 0.6 is 0 Å². The summed E-state index contributed by atoms with van der Waals surface area (Å²) < 4.78 is 39.1. The number of sulfonamides is 1. The number of nitrogens with zero attached hydrogens (tertiary/aromatic N) is 2. The van der Waals surface area contributed by atoms with Crippen molar-refractivity contribution < 1.29 is 27.9 Å². The fourth-order valence-corrected chi connectivity index (χ4v) is 4.18. The van der Waals surface area contributed by atoms with E-state index in [1.807, 2.05) is 6.92 Å². The highest BCUT2D eigenvalue weighted by Gasteiger charge is 2.23. The molecule has 0 heterocycles. The second kappa shape index (κ2) is 10.5. The first kappa shape index (κ1) is 24.3. The summed E-state index contributed by atoms with van der Waals surface area (Å²) in [4.78, 5) is 10.1. The molecule has 3 rings (SSSR count). The topological polar surface area (TPSA) is 152 Å². The predicted octanol–water partition coefficient (Wildman–Crippen LogP) is 3.95. The molecule has 0 spiro atoms. The number of para-hydroxylation sites is 2. The quantitative estimate of drug-likeness (QED) is 0.221. The van der Waals surface area contributed by atoms with Crippen LogP contribution in [-0.4, -0.2) is 38.4 Å². The number of ether oxygens (including phenoxy) is 2. The third kappa shape index (κ3) is 5.72. The Morgan fingerprint density at radius 3 is 2.56 bits per heavy atom. The zero-order valence-corrected chi connectivity index (χ0v) is 19.1. The van der Waals surface area contributed by atoms with Crippen LogP contribution in [0.4, 0.5) is 17.1 Å². The summed E-state index contributed by atoms with van der Waals surface area (Å²) in [5, 5.41) is 25.3. The van der Waals surface area contributed by atoms with Crippen molar-refractivity contribution in [3.8, 4) is 17.2 Å². The molecule has 3 N–H and O–H groups in total. The maximum Gasteiger partial charge on any atom is 0.270 e. The number of hydrogen-bond donors (Lipinski definition) is 3. The summed E-state index contributed by atoms with van der Waals surface area (Å²) >= 11 is 0. The molecule has 3 aromatic carbocycles. The van der Waals surface area contributed by atoms with E-state index in [2.05, 4.69) is 15.2 Å². The highest BCUT2D eigenvalue weighted by atomic mass is 32.2. The number of hydrogen-bond acceptors (Lipinski definition) is 9. The molecule has 3 aromatic rings. The van der Waals surface area contributed by atoms with Gasteiger partial charge in [0.1, 0.15) is 22.1 Å². The average molecular weight is 487 g/mol. The monoisotopic (exact) mass is 486 g/mol. The van der Waals surface area contributed by atoms with Crippen molar-refractivity contribution in [1.29, 1.82) is 0 Å². The SMILES string of the molecule is CCOc1ccc(/C=N\Nc2ccc([N+](=O)[O-])cc2S(=O)(=O)Nc2ccccc2OC)c(O)c1. The van der Waals surface area contributed by atoms with Gasteiger partial charge in [0.05, 0.1) is 36.2 Å². The van der Waals surface area contributed by atoms with E-state index in [1.165, 1.54) is 31.5 Å². The molecule has 178 valence electrons. The van der Waals surface area contributed by atoms with E-state index in [0.29, 0.717) is 17.9 Å². The summed E-state index contributed by atoms with van der Waals surface area (Å²) in [6.45, 7) is 2.25. The van der Waals surface area contributed by atoms with E-state index in [9.17, 15) is 23.6 Å². The number of methoxy groups -OCH3 is 1. The molecule has 11 nitrogen and oxygen atoms in total. The Morgan fingerprint density at radius 1 is 1.12 bits per heavy atom. The van der Waals surface area contributed by atoms with Gasteiger partial charge in [0, 0.05) is 23.8 Å². The van der Waals surface area contributed by atoms with Gasteiger partial charge in [-0.2, -0.15) is 5.10 Å². The van der Waals surface area contributed by atoms with Gasteiger partial charge in [-0.15, -0.1) is 0 Å². The normalized spacial score (nSPS) is 11.2. The van der Waals surface area contributed by atoms with Gasteiger partial charge >= 0.3 is 0 Å². The minimum atomic E-state index is -4.28. The van der Waals surface area contributed by atoms with Crippen molar-refractivity contribution in [1.82, 2.24) is 0 Å². The van der Waals surface area contributed by atoms with E-state index < -0.39 is 25.5 Å². The van der Waals surface area contributed by atoms with Gasteiger partial charge in [-0.1, -0.05) is 12.1 Å². The molecule has 0 unspecified atom stereocenters. The van der Waals surface area contributed by atoms with Gasteiger partial charge in [-0.25, -0.2) is 8.42 Å². The van der Waals surface area contributed by atoms with Crippen molar-refractivity contribution in [3.05, 3.63) is 76.3 Å². The van der Waals surface area contributed by atoms with Crippen LogP contribution < -0.4 is 19.6 Å². The van der Waals surface area contributed by atoms with E-state index in [4.69, 9.17) is 9.47 Å². The second-order valence-electron chi connectivity index (χ2n) is 6.77. The summed E-state index contributed by atoms with van der Waals surface area (Å²) in [7, 11) is -2.90. The van der Waals surface area contributed by atoms with Crippen LogP contribution in [0.1, 0.15) is 12.5 Å². The number of nitro benzene ring substituents is 1. The van der Waals surface area contributed by atoms with Gasteiger partial charge < -0.3 is 14.6 Å². The summed E-state index contributed by atoms with van der Waals surface area (Å²) in [6.07, 6.45) is 1.27. The fourth-order valence-electron chi connectivity index (χ4n) is 2.93. The molecule has 12 heteroatoms. The number of anilines is 2. The third-order valence-corrected chi connectivity index (χ3v) is 5.92. The Balaban J connectivity index is 1.93. The lowest BCUT2D eigenvalue weighted by Crippen LogP contribution is -2.15. The van der Waals surface area contributed by atoms with Crippen LogP contribution in [0.15, 0.2) is 70.7 Å². The Hall–Kier alpha value is -4.32. The molecule has 0 amide bonds. The summed E-state index contributed by atoms with van der Waals surface area (Å²) in [5.74, 6) is 0.664. The minimum Gasteiger partial charge on any atom is -0.507 e. The van der Waals surface area contributed by atoms with Gasteiger partial charge in [0.2, 0.25) is 0 Å². The molecule has 0 radical (unpaired) electrons. The first-order valence-electron chi connectivity index (χ1n) is 9.94. The number of non-ortho nitro benzene ring substituents is 1. The molecule has 0 saturated carbocycles. The summed E-state index contributed by atoms with van der Waals surface area (Å²) in [5.41, 5.74) is 2.63. The molecule has 0 atom stereocenters. The number of nitrogens with one attached hydrogen (secondary N) is 2. The van der Waals surface area contributed by atoms with Crippen molar-refractivity contribution in [3.63, 3.8) is 0 Å². The molecule has 34 heavy (non-hydrogen) atoms. The van der Waals surface area contributed by atoms with E-state index in [0.717, 1.165) is 12.1 Å². The number of benzene rings is 3. The number of phenolic OH excluding ortho intramolecular Hbond substituents is 1. The molecule has 0 fully saturated rings. The molecular formula is C22H22N4O7S. The van der Waals surface area contributed by atoms with Crippen molar-refractivity contribution in [2.75, 3.05) is 23.9 Å². The Bertz CT molecular complexity index is 1330. The largest absolute Gasteiger partial charge is 0.507 e. The Morgan fingerprint density at radius 2 is 1.88 bits per heavy atom. The van der Waals surface area contributed by atoms with E-state index in [1.54, 1.807) is 30.3 Å². The number of hydrazone groups is 1. The van der Waals surface area contributed by atoms with Crippen LogP contribution in [-0.2, 0) is 10.0 Å². The highest BCUT2D eigenvalue weighted by Crippen LogP contribution is 2.31. The first-order chi connectivity index (χ1) is 16.2. The van der Waals surface area contributed by atoms with Gasteiger partial charge in [0.25, 0.3) is 15.7 Å². The number of rotatable bonds is 10. The standard InChI is InChI=1S/C22H22N4O7S/c1-3-33-17-10-8-15(20(27)13-17)14-23-24-19-11-9-16(26(28)29)12-22(19)34(30,31)25-18-6-4-5-7-21(18)32-2/h4-14,24-25,27H,3H2,1-2H3/b23-14-. The van der Waals surface area contributed by atoms with Gasteiger partial charge in [0.15, 0.2) is 0 Å². The van der Waals surface area contributed by atoms with Crippen LogP contribution in [0.5, 0.6) is 17.2 Å². The molecular weight excluding hydrogens is 464 g/mol. The minimum absolute atomic E-state index is 0.0188. The average Bonchev–Trinajstić information content (AvgIpc) is 2.80. The van der Waals surface area contributed by atoms with Gasteiger partial charge in [-0.05, 0) is 37.3 Å². The van der Waals surface area contributed by atoms with Crippen LogP contribution in [0.2, 0.25) is 0 Å². The van der Waals surface area contributed by atoms with E-state index >= 15 is 0 Å². The molecule has 0 saturated heterocycles. The molecule has 0 aliphatic heterocycles. The van der Waals surface area contributed by atoms with E-state index in [-0.39, 0.29) is 22.9 Å². The molecule has 0 aliphatic rings. The maximum atomic E-state index is 13.1. The molecule has 0 aliphatic carbocycles. The number of phenols is 1.